The second-order valence-corrected chi connectivity index (χ2v) is 7.68. The van der Waals surface area contributed by atoms with Gasteiger partial charge in [-0.05, 0) is 5.92 Å². The maximum absolute atomic E-state index is 5.78. The highest BCUT2D eigenvalue weighted by atomic mass is 32.2. The van der Waals surface area contributed by atoms with Gasteiger partial charge in [-0.1, -0.05) is 25.9 Å². The number of nitrogens with zero attached hydrogens (tertiary/aromatic N) is 2. The number of thioether (sulfide) groups is 2. The van der Waals surface area contributed by atoms with Crippen LogP contribution in [0.25, 0.3) is 0 Å². The Balaban J connectivity index is 2.14. The first-order valence-electron chi connectivity index (χ1n) is 6.40. The zero-order valence-corrected chi connectivity index (χ0v) is 12.8. The quantitative estimate of drug-likeness (QED) is 0.918. The molecule has 3 unspecified atom stereocenters. The Bertz CT molecular complexity index is 383. The van der Waals surface area contributed by atoms with E-state index in [2.05, 4.69) is 30.9 Å². The van der Waals surface area contributed by atoms with Gasteiger partial charge < -0.3 is 10.3 Å². The van der Waals surface area contributed by atoms with Crippen LogP contribution in [0.2, 0.25) is 0 Å². The molecule has 18 heavy (non-hydrogen) atoms. The Hall–Kier alpha value is -0.200. The molecule has 0 bridgehead atoms. The van der Waals surface area contributed by atoms with Crippen molar-refractivity contribution >= 4 is 23.5 Å². The largest absolute Gasteiger partial charge is 0.339 e. The fourth-order valence-corrected chi connectivity index (χ4v) is 4.77. The van der Waals surface area contributed by atoms with E-state index in [0.717, 1.165) is 11.6 Å². The molecule has 0 amide bonds. The summed E-state index contributed by atoms with van der Waals surface area (Å²) < 4.78 is 5.42. The Kier molecular flexibility index (Phi) is 4.98. The van der Waals surface area contributed by atoms with Crippen molar-refractivity contribution < 1.29 is 4.52 Å². The molecule has 102 valence electrons. The molecule has 0 radical (unpaired) electrons. The monoisotopic (exact) mass is 287 g/mol. The van der Waals surface area contributed by atoms with Crippen LogP contribution >= 0.6 is 23.5 Å². The summed E-state index contributed by atoms with van der Waals surface area (Å²) in [4.78, 5) is 4.58. The fourth-order valence-electron chi connectivity index (χ4n) is 2.09. The van der Waals surface area contributed by atoms with E-state index in [1.807, 2.05) is 23.5 Å². The maximum Gasteiger partial charge on any atom is 0.231 e. The van der Waals surface area contributed by atoms with Gasteiger partial charge in [-0.25, -0.2) is 0 Å². The van der Waals surface area contributed by atoms with Gasteiger partial charge in [-0.3, -0.25) is 0 Å². The zero-order valence-electron chi connectivity index (χ0n) is 11.1. The van der Waals surface area contributed by atoms with Crippen LogP contribution in [0.15, 0.2) is 4.52 Å². The average Bonchev–Trinajstić information content (AvgIpc) is 2.79. The third-order valence-electron chi connectivity index (χ3n) is 3.28. The van der Waals surface area contributed by atoms with Crippen molar-refractivity contribution in [2.45, 2.75) is 37.2 Å². The molecule has 3 atom stereocenters. The highest BCUT2D eigenvalue weighted by molar-refractivity contribution is 8.06. The van der Waals surface area contributed by atoms with E-state index in [1.54, 1.807) is 0 Å². The number of nitrogens with two attached hydrogens (primary N) is 1. The van der Waals surface area contributed by atoms with Gasteiger partial charge in [0.25, 0.3) is 0 Å². The topological polar surface area (TPSA) is 64.9 Å². The van der Waals surface area contributed by atoms with Crippen LogP contribution in [0.4, 0.5) is 0 Å². The number of aromatic nitrogens is 2. The van der Waals surface area contributed by atoms with Crippen molar-refractivity contribution in [3.8, 4) is 0 Å². The fraction of sp³-hybridized carbons (Fsp3) is 0.833. The lowest BCUT2D eigenvalue weighted by molar-refractivity contribution is 0.321. The first-order chi connectivity index (χ1) is 8.63. The molecular formula is C12H21N3OS2. The van der Waals surface area contributed by atoms with Crippen molar-refractivity contribution in [3.05, 3.63) is 11.7 Å². The smallest absolute Gasteiger partial charge is 0.231 e. The number of hydrogen-bond acceptors (Lipinski definition) is 6. The summed E-state index contributed by atoms with van der Waals surface area (Å²) in [6.07, 6.45) is 0. The minimum Gasteiger partial charge on any atom is -0.339 e. The molecule has 4 nitrogen and oxygen atoms in total. The molecule has 2 rings (SSSR count). The SMILES string of the molecule is CC(C)C(CN)c1nc(C2SCCSC2C)no1. The highest BCUT2D eigenvalue weighted by Gasteiger charge is 2.30. The molecule has 1 aliphatic rings. The van der Waals surface area contributed by atoms with E-state index in [1.165, 1.54) is 5.75 Å². The lowest BCUT2D eigenvalue weighted by Gasteiger charge is -2.24. The first kappa shape index (κ1) is 14.2. The molecule has 2 heterocycles. The average molecular weight is 287 g/mol. The molecule has 2 N–H and O–H groups in total. The molecule has 0 saturated carbocycles. The molecule has 1 aliphatic heterocycles. The second-order valence-electron chi connectivity index (χ2n) is 4.94. The normalized spacial score (nSPS) is 26.5. The van der Waals surface area contributed by atoms with Gasteiger partial charge in [0.05, 0.1) is 11.2 Å². The van der Waals surface area contributed by atoms with Gasteiger partial charge in [0.15, 0.2) is 5.82 Å². The Morgan fingerprint density at radius 1 is 1.39 bits per heavy atom. The summed E-state index contributed by atoms with van der Waals surface area (Å²) in [5.74, 6) is 4.51. The van der Waals surface area contributed by atoms with Crippen molar-refractivity contribution in [1.29, 1.82) is 0 Å². The van der Waals surface area contributed by atoms with Gasteiger partial charge >= 0.3 is 0 Å². The van der Waals surface area contributed by atoms with Gasteiger partial charge in [-0.15, -0.1) is 11.8 Å². The predicted molar refractivity (Wildman–Crippen MR) is 78.1 cm³/mol. The standard InChI is InChI=1S/C12H21N3OS2/c1-7(2)9(6-13)12-14-11(15-16-12)10-8(3)17-4-5-18-10/h7-10H,4-6,13H2,1-3H3. The van der Waals surface area contributed by atoms with E-state index in [4.69, 9.17) is 10.3 Å². The first-order valence-corrected chi connectivity index (χ1v) is 8.50. The van der Waals surface area contributed by atoms with Crippen molar-refractivity contribution in [1.82, 2.24) is 10.1 Å². The second kappa shape index (κ2) is 6.30. The van der Waals surface area contributed by atoms with Gasteiger partial charge in [0.1, 0.15) is 0 Å². The molecule has 1 fully saturated rings. The molecule has 6 heteroatoms. The molecule has 0 aliphatic carbocycles. The lowest BCUT2D eigenvalue weighted by Crippen LogP contribution is -2.19. The van der Waals surface area contributed by atoms with E-state index in [-0.39, 0.29) is 5.92 Å². The van der Waals surface area contributed by atoms with Gasteiger partial charge in [0.2, 0.25) is 5.89 Å². The van der Waals surface area contributed by atoms with Crippen LogP contribution in [-0.2, 0) is 0 Å². The van der Waals surface area contributed by atoms with Crippen LogP contribution in [-0.4, -0.2) is 33.4 Å². The number of rotatable bonds is 4. The highest BCUT2D eigenvalue weighted by Crippen LogP contribution is 2.41. The third kappa shape index (κ3) is 3.03. The van der Waals surface area contributed by atoms with Crippen LogP contribution < -0.4 is 5.73 Å². The predicted octanol–water partition coefficient (Wildman–Crippen LogP) is 2.68. The Morgan fingerprint density at radius 3 is 2.72 bits per heavy atom. The summed E-state index contributed by atoms with van der Waals surface area (Å²) >= 11 is 3.91. The van der Waals surface area contributed by atoms with Gasteiger partial charge in [0, 0.05) is 23.3 Å². The number of hydrogen-bond donors (Lipinski definition) is 1. The van der Waals surface area contributed by atoms with Crippen molar-refractivity contribution in [2.24, 2.45) is 11.7 Å². The Labute approximate surface area is 117 Å². The molecule has 1 saturated heterocycles. The van der Waals surface area contributed by atoms with Crippen LogP contribution in [0, 0.1) is 5.92 Å². The van der Waals surface area contributed by atoms with E-state index >= 15 is 0 Å². The molecular weight excluding hydrogens is 266 g/mol. The van der Waals surface area contributed by atoms with Crippen molar-refractivity contribution in [2.75, 3.05) is 18.1 Å². The van der Waals surface area contributed by atoms with Crippen LogP contribution in [0.3, 0.4) is 0 Å². The maximum atomic E-state index is 5.78. The summed E-state index contributed by atoms with van der Waals surface area (Å²) in [6, 6.07) is 0. The van der Waals surface area contributed by atoms with E-state index < -0.39 is 0 Å². The Morgan fingerprint density at radius 2 is 2.11 bits per heavy atom. The van der Waals surface area contributed by atoms with E-state index in [0.29, 0.717) is 28.9 Å². The van der Waals surface area contributed by atoms with Crippen LogP contribution in [0.1, 0.15) is 43.7 Å². The minimum absolute atomic E-state index is 0.169. The summed E-state index contributed by atoms with van der Waals surface area (Å²) in [5.41, 5.74) is 5.78. The molecule has 1 aromatic rings. The summed E-state index contributed by atoms with van der Waals surface area (Å²) in [7, 11) is 0. The lowest BCUT2D eigenvalue weighted by atomic mass is 9.96. The van der Waals surface area contributed by atoms with Gasteiger partial charge in [-0.2, -0.15) is 16.7 Å². The summed E-state index contributed by atoms with van der Waals surface area (Å²) in [6.45, 7) is 7.06. The van der Waals surface area contributed by atoms with Crippen LogP contribution in [0.5, 0.6) is 0 Å². The zero-order chi connectivity index (χ0) is 13.1. The molecule has 0 aromatic carbocycles. The third-order valence-corrected chi connectivity index (χ3v) is 6.36. The summed E-state index contributed by atoms with van der Waals surface area (Å²) in [5, 5.41) is 5.07. The minimum atomic E-state index is 0.169. The molecule has 0 spiro atoms. The molecule has 1 aromatic heterocycles. The van der Waals surface area contributed by atoms with Crippen molar-refractivity contribution in [3.63, 3.8) is 0 Å². The van der Waals surface area contributed by atoms with E-state index in [9.17, 15) is 0 Å².